The number of aryl methyl sites for hydroxylation is 1. The van der Waals surface area contributed by atoms with Gasteiger partial charge in [0.25, 0.3) is 0 Å². The van der Waals surface area contributed by atoms with Gasteiger partial charge in [0, 0.05) is 17.4 Å². The van der Waals surface area contributed by atoms with Crippen LogP contribution in [0.15, 0.2) is 89.5 Å². The van der Waals surface area contributed by atoms with Crippen molar-refractivity contribution in [3.05, 3.63) is 108 Å². The van der Waals surface area contributed by atoms with Crippen molar-refractivity contribution >= 4 is 23.0 Å². The van der Waals surface area contributed by atoms with Gasteiger partial charge in [0.2, 0.25) is 0 Å². The number of halogens is 1. The lowest BCUT2D eigenvalue weighted by Crippen LogP contribution is -2.29. The van der Waals surface area contributed by atoms with Crippen LogP contribution in [-0.2, 0) is 0 Å². The standard InChI is InChI=1S/C25H20FN3OS/c1-16-5-4-6-19(15-16)29-24(23(28-25(29)31)20-7-2-3-14-27-20)22-13-12-21(30-22)17-8-10-18(26)11-9-17/h2-15,23-24H,1H3,(H,28,31)/t23-,24+/m0/s1. The van der Waals surface area contributed by atoms with Gasteiger partial charge in [-0.2, -0.15) is 0 Å². The van der Waals surface area contributed by atoms with Gasteiger partial charge < -0.3 is 14.6 Å². The molecule has 3 heterocycles. The van der Waals surface area contributed by atoms with Crippen molar-refractivity contribution in [2.24, 2.45) is 0 Å². The second-order valence-electron chi connectivity index (χ2n) is 7.54. The van der Waals surface area contributed by atoms with Gasteiger partial charge in [-0.3, -0.25) is 4.98 Å². The number of nitrogens with zero attached hydrogens (tertiary/aromatic N) is 2. The number of anilines is 1. The van der Waals surface area contributed by atoms with Crippen LogP contribution in [0, 0.1) is 12.7 Å². The molecular weight excluding hydrogens is 409 g/mol. The van der Waals surface area contributed by atoms with Crippen LogP contribution in [0.1, 0.15) is 29.1 Å². The minimum Gasteiger partial charge on any atom is -0.459 e. The van der Waals surface area contributed by atoms with Crippen molar-refractivity contribution in [2.45, 2.75) is 19.0 Å². The van der Waals surface area contributed by atoms with Crippen LogP contribution in [0.5, 0.6) is 0 Å². The van der Waals surface area contributed by atoms with Crippen molar-refractivity contribution in [3.63, 3.8) is 0 Å². The molecular formula is C25H20FN3OS. The highest BCUT2D eigenvalue weighted by Gasteiger charge is 2.42. The summed E-state index contributed by atoms with van der Waals surface area (Å²) in [6, 6.07) is 23.8. The summed E-state index contributed by atoms with van der Waals surface area (Å²) in [6.45, 7) is 2.06. The maximum absolute atomic E-state index is 13.3. The Morgan fingerprint density at radius 2 is 1.84 bits per heavy atom. The number of furan rings is 1. The van der Waals surface area contributed by atoms with Crippen molar-refractivity contribution in [2.75, 3.05) is 4.90 Å². The van der Waals surface area contributed by atoms with Gasteiger partial charge in [0.1, 0.15) is 23.4 Å². The molecule has 6 heteroatoms. The molecule has 1 N–H and O–H groups in total. The van der Waals surface area contributed by atoms with Crippen molar-refractivity contribution in [1.82, 2.24) is 10.3 Å². The molecule has 2 aromatic heterocycles. The lowest BCUT2D eigenvalue weighted by molar-refractivity contribution is 0.439. The Kier molecular flexibility index (Phi) is 5.00. The number of benzene rings is 2. The zero-order valence-corrected chi connectivity index (χ0v) is 17.6. The Morgan fingerprint density at radius 3 is 2.58 bits per heavy atom. The molecule has 0 spiro atoms. The third-order valence-corrected chi connectivity index (χ3v) is 5.74. The molecule has 4 nitrogen and oxygen atoms in total. The average molecular weight is 430 g/mol. The topological polar surface area (TPSA) is 41.3 Å². The molecule has 1 aliphatic heterocycles. The van der Waals surface area contributed by atoms with Gasteiger partial charge in [-0.05, 0) is 85.4 Å². The molecule has 1 aliphatic rings. The highest BCUT2D eigenvalue weighted by molar-refractivity contribution is 7.80. The number of thiocarbonyl (C=S) groups is 1. The number of hydrogen-bond acceptors (Lipinski definition) is 3. The third-order valence-electron chi connectivity index (χ3n) is 5.42. The zero-order chi connectivity index (χ0) is 21.4. The van der Waals surface area contributed by atoms with E-state index in [1.54, 1.807) is 18.3 Å². The van der Waals surface area contributed by atoms with Crippen molar-refractivity contribution in [1.29, 1.82) is 0 Å². The van der Waals surface area contributed by atoms with E-state index in [1.165, 1.54) is 12.1 Å². The van der Waals surface area contributed by atoms with Gasteiger partial charge in [-0.1, -0.05) is 18.2 Å². The highest BCUT2D eigenvalue weighted by atomic mass is 32.1. The first kappa shape index (κ1) is 19.5. The molecule has 31 heavy (non-hydrogen) atoms. The molecule has 0 unspecified atom stereocenters. The summed E-state index contributed by atoms with van der Waals surface area (Å²) in [5.41, 5.74) is 3.83. The maximum Gasteiger partial charge on any atom is 0.174 e. The summed E-state index contributed by atoms with van der Waals surface area (Å²) in [7, 11) is 0. The average Bonchev–Trinajstić information content (AvgIpc) is 3.39. The Bertz CT molecular complexity index is 1220. The van der Waals surface area contributed by atoms with Crippen molar-refractivity contribution in [3.8, 4) is 11.3 Å². The summed E-state index contributed by atoms with van der Waals surface area (Å²) in [4.78, 5) is 6.64. The van der Waals surface area contributed by atoms with Crippen molar-refractivity contribution < 1.29 is 8.81 Å². The van der Waals surface area contributed by atoms with E-state index in [0.29, 0.717) is 10.9 Å². The van der Waals surface area contributed by atoms with Crippen LogP contribution >= 0.6 is 12.2 Å². The van der Waals surface area contributed by atoms with Crippen LogP contribution in [0.2, 0.25) is 0 Å². The Balaban J connectivity index is 1.60. The van der Waals surface area contributed by atoms with E-state index in [4.69, 9.17) is 16.6 Å². The molecule has 0 amide bonds. The summed E-state index contributed by atoms with van der Waals surface area (Å²) >= 11 is 5.74. The van der Waals surface area contributed by atoms with Gasteiger partial charge in [0.15, 0.2) is 5.11 Å². The molecule has 0 radical (unpaired) electrons. The number of rotatable bonds is 4. The second-order valence-corrected chi connectivity index (χ2v) is 7.93. The fraction of sp³-hybridized carbons (Fsp3) is 0.120. The Morgan fingerprint density at radius 1 is 1.00 bits per heavy atom. The van der Waals surface area contributed by atoms with Gasteiger partial charge in [-0.25, -0.2) is 4.39 Å². The lowest BCUT2D eigenvalue weighted by Gasteiger charge is -2.26. The zero-order valence-electron chi connectivity index (χ0n) is 16.8. The van der Waals surface area contributed by atoms with E-state index in [9.17, 15) is 4.39 Å². The number of pyridine rings is 1. The minimum atomic E-state index is -0.276. The Labute approximate surface area is 185 Å². The van der Waals surface area contributed by atoms with Gasteiger partial charge >= 0.3 is 0 Å². The molecule has 2 aromatic carbocycles. The quantitative estimate of drug-likeness (QED) is 0.405. The highest BCUT2D eigenvalue weighted by Crippen LogP contribution is 2.43. The normalized spacial score (nSPS) is 18.3. The van der Waals surface area contributed by atoms with E-state index in [1.807, 2.05) is 42.5 Å². The first-order chi connectivity index (χ1) is 15.1. The Hall–Kier alpha value is -3.51. The van der Waals surface area contributed by atoms with E-state index < -0.39 is 0 Å². The minimum absolute atomic E-state index is 0.179. The molecule has 1 saturated heterocycles. The smallest absolute Gasteiger partial charge is 0.174 e. The SMILES string of the molecule is Cc1cccc(N2C(=S)N[C@@H](c3ccccn3)[C@H]2c2ccc(-c3ccc(F)cc3)o2)c1. The third kappa shape index (κ3) is 3.70. The molecule has 0 bridgehead atoms. The summed E-state index contributed by atoms with van der Waals surface area (Å²) in [5.74, 6) is 1.15. The van der Waals surface area contributed by atoms with E-state index in [0.717, 1.165) is 28.3 Å². The first-order valence-corrected chi connectivity index (χ1v) is 10.4. The molecule has 0 saturated carbocycles. The maximum atomic E-state index is 13.3. The largest absolute Gasteiger partial charge is 0.459 e. The van der Waals surface area contributed by atoms with Crippen LogP contribution in [-0.4, -0.2) is 10.1 Å². The number of nitrogens with one attached hydrogen (secondary N) is 1. The van der Waals surface area contributed by atoms with Gasteiger partial charge in [-0.15, -0.1) is 0 Å². The molecule has 2 atom stereocenters. The summed E-state index contributed by atoms with van der Waals surface area (Å²) in [5, 5.41) is 4.05. The summed E-state index contributed by atoms with van der Waals surface area (Å²) < 4.78 is 19.6. The molecule has 154 valence electrons. The fourth-order valence-corrected chi connectivity index (χ4v) is 4.33. The van der Waals surface area contributed by atoms with E-state index in [-0.39, 0.29) is 17.9 Å². The number of hydrogen-bond donors (Lipinski definition) is 1. The van der Waals surface area contributed by atoms with Crippen LogP contribution in [0.3, 0.4) is 0 Å². The molecule has 4 aromatic rings. The number of aromatic nitrogens is 1. The molecule has 1 fully saturated rings. The molecule has 5 rings (SSSR count). The van der Waals surface area contributed by atoms with E-state index in [2.05, 4.69) is 34.3 Å². The lowest BCUT2D eigenvalue weighted by atomic mass is 10.0. The molecule has 0 aliphatic carbocycles. The summed E-state index contributed by atoms with van der Waals surface area (Å²) in [6.07, 6.45) is 1.78. The van der Waals surface area contributed by atoms with Crippen LogP contribution in [0.25, 0.3) is 11.3 Å². The fourth-order valence-electron chi connectivity index (χ4n) is 3.98. The van der Waals surface area contributed by atoms with E-state index >= 15 is 0 Å². The van der Waals surface area contributed by atoms with Crippen LogP contribution < -0.4 is 10.2 Å². The first-order valence-electron chi connectivity index (χ1n) is 10.0. The second kappa shape index (κ2) is 7.96. The predicted molar refractivity (Wildman–Crippen MR) is 123 cm³/mol. The predicted octanol–water partition coefficient (Wildman–Crippen LogP) is 5.97. The van der Waals surface area contributed by atoms with Crippen LogP contribution in [0.4, 0.5) is 10.1 Å². The van der Waals surface area contributed by atoms with Gasteiger partial charge in [0.05, 0.1) is 11.7 Å². The monoisotopic (exact) mass is 429 g/mol.